The quantitative estimate of drug-likeness (QED) is 0.675. The number of rotatable bonds is 3. The van der Waals surface area contributed by atoms with Crippen LogP contribution in [0.2, 0.25) is 0 Å². The Kier molecular flexibility index (Phi) is 3.69. The molecule has 0 radical (unpaired) electrons. The van der Waals surface area contributed by atoms with Crippen molar-refractivity contribution in [2.45, 2.75) is 19.8 Å². The molecule has 0 aliphatic carbocycles. The molecule has 1 aromatic carbocycles. The number of hydrogen-bond acceptors (Lipinski definition) is 2. The first-order valence-corrected chi connectivity index (χ1v) is 6.93. The molecular weight excluding hydrogens is 260 g/mol. The monoisotopic (exact) mass is 276 g/mol. The number of aryl methyl sites for hydroxylation is 1. The van der Waals surface area contributed by atoms with Gasteiger partial charge in [-0.1, -0.05) is 23.8 Å². The van der Waals surface area contributed by atoms with Gasteiger partial charge in [-0.05, 0) is 31.5 Å². The van der Waals surface area contributed by atoms with E-state index in [1.165, 1.54) is 5.56 Å². The molecule has 0 bridgehead atoms. The van der Waals surface area contributed by atoms with Crippen LogP contribution in [0.25, 0.3) is 11.3 Å². The number of hydrogen-bond donors (Lipinski definition) is 1. The molecule has 4 heteroatoms. The maximum Gasteiger partial charge on any atom is 0.130 e. The number of aliphatic imine (C=N–C) groups is 2. The summed E-state index contributed by atoms with van der Waals surface area (Å²) >= 11 is 0. The summed E-state index contributed by atoms with van der Waals surface area (Å²) in [5.74, 6) is 0.721. The van der Waals surface area contributed by atoms with Crippen LogP contribution in [0.4, 0.5) is 0 Å². The highest BCUT2D eigenvalue weighted by atomic mass is 14.9. The van der Waals surface area contributed by atoms with E-state index in [2.05, 4.69) is 46.2 Å². The van der Waals surface area contributed by atoms with Gasteiger partial charge in [0.15, 0.2) is 0 Å². The minimum atomic E-state index is 0.721. The van der Waals surface area contributed by atoms with Gasteiger partial charge in [0, 0.05) is 23.7 Å². The summed E-state index contributed by atoms with van der Waals surface area (Å²) < 4.78 is 0. The minimum absolute atomic E-state index is 0.721. The Morgan fingerprint density at radius 1 is 1.19 bits per heavy atom. The van der Waals surface area contributed by atoms with Gasteiger partial charge in [0.1, 0.15) is 12.2 Å². The van der Waals surface area contributed by atoms with Crippen LogP contribution in [-0.4, -0.2) is 22.9 Å². The summed E-state index contributed by atoms with van der Waals surface area (Å²) in [4.78, 5) is 13.0. The smallest absolute Gasteiger partial charge is 0.130 e. The van der Waals surface area contributed by atoms with Gasteiger partial charge >= 0.3 is 0 Å². The average Bonchev–Trinajstić information content (AvgIpc) is 2.96. The van der Waals surface area contributed by atoms with E-state index in [0.29, 0.717) is 0 Å². The molecule has 3 rings (SSSR count). The Morgan fingerprint density at radius 2 is 2.10 bits per heavy atom. The van der Waals surface area contributed by atoms with Gasteiger partial charge in [-0.2, -0.15) is 0 Å². The maximum absolute atomic E-state index is 7.04. The first-order valence-electron chi connectivity index (χ1n) is 6.93. The van der Waals surface area contributed by atoms with Gasteiger partial charge in [-0.15, -0.1) is 0 Å². The number of pyridine rings is 1. The van der Waals surface area contributed by atoms with Crippen LogP contribution in [0.3, 0.4) is 0 Å². The second-order valence-corrected chi connectivity index (χ2v) is 5.00. The normalized spacial score (nSPS) is 16.0. The number of benzene rings is 1. The maximum atomic E-state index is 7.04. The third kappa shape index (κ3) is 2.79. The zero-order valence-corrected chi connectivity index (χ0v) is 11.9. The molecule has 0 saturated heterocycles. The van der Waals surface area contributed by atoms with Crippen molar-refractivity contribution in [2.75, 3.05) is 0 Å². The van der Waals surface area contributed by atoms with Crippen LogP contribution in [0.15, 0.2) is 52.6 Å². The van der Waals surface area contributed by atoms with Crippen molar-refractivity contribution in [2.24, 2.45) is 9.98 Å². The predicted octanol–water partition coefficient (Wildman–Crippen LogP) is 3.65. The SMILES string of the molecule is Cc1cccc(-c2ncccc2C2=N/C(=N\C=N)CC2)c1. The first kappa shape index (κ1) is 13.4. The van der Waals surface area contributed by atoms with E-state index >= 15 is 0 Å². The summed E-state index contributed by atoms with van der Waals surface area (Å²) in [6.07, 6.45) is 4.49. The third-order valence-electron chi connectivity index (χ3n) is 3.47. The van der Waals surface area contributed by atoms with E-state index in [4.69, 9.17) is 5.41 Å². The molecule has 104 valence electrons. The lowest BCUT2D eigenvalue weighted by Gasteiger charge is -2.08. The van der Waals surface area contributed by atoms with Crippen LogP contribution in [-0.2, 0) is 0 Å². The molecule has 0 saturated carbocycles. The van der Waals surface area contributed by atoms with E-state index in [-0.39, 0.29) is 0 Å². The summed E-state index contributed by atoms with van der Waals surface area (Å²) in [7, 11) is 0. The average molecular weight is 276 g/mol. The van der Waals surface area contributed by atoms with Crippen molar-refractivity contribution in [1.82, 2.24) is 4.98 Å². The Morgan fingerprint density at radius 3 is 2.90 bits per heavy atom. The number of nitrogens with zero attached hydrogens (tertiary/aromatic N) is 3. The molecule has 0 unspecified atom stereocenters. The fourth-order valence-corrected chi connectivity index (χ4v) is 2.52. The molecule has 1 N–H and O–H groups in total. The highest BCUT2D eigenvalue weighted by Crippen LogP contribution is 2.26. The van der Waals surface area contributed by atoms with Gasteiger partial charge in [0.2, 0.25) is 0 Å². The van der Waals surface area contributed by atoms with E-state index < -0.39 is 0 Å². The molecule has 21 heavy (non-hydrogen) atoms. The second-order valence-electron chi connectivity index (χ2n) is 5.00. The number of nitrogens with one attached hydrogen (secondary N) is 1. The van der Waals surface area contributed by atoms with Gasteiger partial charge < -0.3 is 0 Å². The number of aromatic nitrogens is 1. The van der Waals surface area contributed by atoms with Gasteiger partial charge in [0.05, 0.1) is 11.4 Å². The molecular formula is C17H16N4. The lowest BCUT2D eigenvalue weighted by Crippen LogP contribution is -2.01. The van der Waals surface area contributed by atoms with Gasteiger partial charge in [-0.3, -0.25) is 10.4 Å². The highest BCUT2D eigenvalue weighted by molar-refractivity contribution is 6.15. The molecule has 4 nitrogen and oxygen atoms in total. The standard InChI is InChI=1S/C17H16N4/c1-12-4-2-5-13(10-12)17-14(6-3-9-19-17)15-7-8-16(21-15)20-11-18/h2-6,9-11,18H,7-8H2,1H3/b18-11?,20-16-. The zero-order chi connectivity index (χ0) is 14.7. The van der Waals surface area contributed by atoms with Crippen LogP contribution in [0.1, 0.15) is 24.0 Å². The predicted molar refractivity (Wildman–Crippen MR) is 86.4 cm³/mol. The minimum Gasteiger partial charge on any atom is -0.289 e. The zero-order valence-electron chi connectivity index (χ0n) is 11.9. The van der Waals surface area contributed by atoms with Crippen molar-refractivity contribution in [3.8, 4) is 11.3 Å². The molecule has 0 fully saturated rings. The van der Waals surface area contributed by atoms with Crippen LogP contribution in [0.5, 0.6) is 0 Å². The van der Waals surface area contributed by atoms with Crippen molar-refractivity contribution in [3.63, 3.8) is 0 Å². The largest absolute Gasteiger partial charge is 0.289 e. The third-order valence-corrected chi connectivity index (χ3v) is 3.47. The van der Waals surface area contributed by atoms with Crippen LogP contribution < -0.4 is 0 Å². The Hall–Kier alpha value is -2.62. The molecule has 0 spiro atoms. The Labute approximate surface area is 123 Å². The lowest BCUT2D eigenvalue weighted by molar-refractivity contribution is 1.18. The summed E-state index contributed by atoms with van der Waals surface area (Å²) in [5, 5.41) is 7.04. The first-order chi connectivity index (χ1) is 10.3. The van der Waals surface area contributed by atoms with E-state index in [1.54, 1.807) is 0 Å². The molecule has 0 atom stereocenters. The van der Waals surface area contributed by atoms with Crippen molar-refractivity contribution >= 4 is 17.9 Å². The van der Waals surface area contributed by atoms with Crippen LogP contribution >= 0.6 is 0 Å². The summed E-state index contributed by atoms with van der Waals surface area (Å²) in [6.45, 7) is 2.08. The molecule has 2 aromatic rings. The van der Waals surface area contributed by atoms with Gasteiger partial charge in [0.25, 0.3) is 0 Å². The van der Waals surface area contributed by atoms with E-state index in [1.807, 2.05) is 18.3 Å². The van der Waals surface area contributed by atoms with E-state index in [9.17, 15) is 0 Å². The highest BCUT2D eigenvalue weighted by Gasteiger charge is 2.18. The fraction of sp³-hybridized carbons (Fsp3) is 0.176. The van der Waals surface area contributed by atoms with Crippen molar-refractivity contribution < 1.29 is 0 Å². The van der Waals surface area contributed by atoms with Crippen molar-refractivity contribution in [1.29, 1.82) is 5.41 Å². The molecule has 1 aliphatic heterocycles. The molecule has 1 aromatic heterocycles. The summed E-state index contributed by atoms with van der Waals surface area (Å²) in [6, 6.07) is 12.3. The summed E-state index contributed by atoms with van der Waals surface area (Å²) in [5.41, 5.74) is 5.32. The molecule has 1 aliphatic rings. The molecule has 2 heterocycles. The molecule has 0 amide bonds. The van der Waals surface area contributed by atoms with Gasteiger partial charge in [-0.25, -0.2) is 9.98 Å². The van der Waals surface area contributed by atoms with Crippen LogP contribution in [0, 0.1) is 12.3 Å². The number of amidine groups is 1. The lowest BCUT2D eigenvalue weighted by atomic mass is 9.99. The van der Waals surface area contributed by atoms with E-state index in [0.717, 1.165) is 47.5 Å². The Balaban J connectivity index is 2.07. The fourth-order valence-electron chi connectivity index (χ4n) is 2.52. The van der Waals surface area contributed by atoms with Crippen molar-refractivity contribution in [3.05, 3.63) is 53.7 Å². The second kappa shape index (κ2) is 5.79. The Bertz CT molecular complexity index is 744. The topological polar surface area (TPSA) is 61.5 Å².